The molecule has 0 radical (unpaired) electrons. The van der Waals surface area contributed by atoms with Crippen LogP contribution in [0.3, 0.4) is 0 Å². The van der Waals surface area contributed by atoms with E-state index in [1.54, 1.807) is 12.1 Å². The van der Waals surface area contributed by atoms with Gasteiger partial charge in [0.1, 0.15) is 22.3 Å². The Bertz CT molecular complexity index is 4190. The second kappa shape index (κ2) is 14.8. The second-order valence-electron chi connectivity index (χ2n) is 18.3. The van der Waals surface area contributed by atoms with Gasteiger partial charge < -0.3 is 18.0 Å². The van der Waals surface area contributed by atoms with Crippen molar-refractivity contribution in [3.05, 3.63) is 198 Å². The molecule has 0 bridgehead atoms. The number of furan rings is 2. The van der Waals surface area contributed by atoms with E-state index in [0.717, 1.165) is 94.0 Å². The van der Waals surface area contributed by atoms with Crippen LogP contribution >= 0.6 is 0 Å². The van der Waals surface area contributed by atoms with Crippen molar-refractivity contribution in [3.63, 3.8) is 0 Å². The maximum atomic E-state index is 14.9. The summed E-state index contributed by atoms with van der Waals surface area (Å²) in [6, 6.07) is 50.3. The summed E-state index contributed by atoms with van der Waals surface area (Å²) in [7, 11) is 0. The van der Waals surface area contributed by atoms with E-state index in [1.807, 2.05) is 104 Å². The third-order valence-corrected chi connectivity index (χ3v) is 14.4. The maximum Gasteiger partial charge on any atom is 0.416 e. The van der Waals surface area contributed by atoms with Crippen LogP contribution in [-0.2, 0) is 18.9 Å². The number of aromatic nitrogens is 2. The highest BCUT2D eigenvalue weighted by Gasteiger charge is 2.41. The highest BCUT2D eigenvalue weighted by molar-refractivity contribution is 6.30. The third kappa shape index (κ3) is 6.10. The van der Waals surface area contributed by atoms with Crippen LogP contribution in [-0.4, -0.2) is 9.13 Å². The smallest absolute Gasteiger partial charge is 0.416 e. The van der Waals surface area contributed by atoms with E-state index in [-0.39, 0.29) is 5.92 Å². The zero-order valence-corrected chi connectivity index (χ0v) is 37.0. The Morgan fingerprint density at radius 1 is 0.478 bits per heavy atom. The van der Waals surface area contributed by atoms with Gasteiger partial charge >= 0.3 is 12.4 Å². The summed E-state index contributed by atoms with van der Waals surface area (Å²) < 4.78 is 106. The Morgan fingerprint density at radius 2 is 0.971 bits per heavy atom. The highest BCUT2D eigenvalue weighted by atomic mass is 19.4. The minimum atomic E-state index is -4.67. The van der Waals surface area contributed by atoms with Crippen LogP contribution in [0.4, 0.5) is 26.3 Å². The van der Waals surface area contributed by atoms with Gasteiger partial charge in [0.25, 0.3) is 0 Å². The number of halogens is 6. The van der Waals surface area contributed by atoms with E-state index >= 15 is 0 Å². The minimum absolute atomic E-state index is 0.309. The van der Waals surface area contributed by atoms with Gasteiger partial charge in [-0.05, 0) is 102 Å². The zero-order chi connectivity index (χ0) is 47.1. The number of fused-ring (bicyclic) bond motifs is 14. The van der Waals surface area contributed by atoms with Crippen molar-refractivity contribution in [2.45, 2.75) is 32.7 Å². The molecule has 69 heavy (non-hydrogen) atoms. The summed E-state index contributed by atoms with van der Waals surface area (Å²) in [5, 5.41) is 7.52. The predicted molar refractivity (Wildman–Crippen MR) is 265 cm³/mol. The van der Waals surface area contributed by atoms with Crippen LogP contribution in [0.5, 0.6) is 0 Å². The summed E-state index contributed by atoms with van der Waals surface area (Å²) in [5.74, 6) is -0.918. The molecule has 1 aliphatic carbocycles. The lowest BCUT2D eigenvalue weighted by Crippen LogP contribution is -2.19. The molecule has 0 saturated carbocycles. The van der Waals surface area contributed by atoms with Crippen molar-refractivity contribution >= 4 is 104 Å². The van der Waals surface area contributed by atoms with Gasteiger partial charge in [-0.1, -0.05) is 110 Å². The van der Waals surface area contributed by atoms with Crippen LogP contribution < -0.4 is 0 Å². The first-order valence-corrected chi connectivity index (χ1v) is 22.8. The molecule has 0 saturated heterocycles. The Morgan fingerprint density at radius 3 is 1.58 bits per heavy atom. The first-order valence-electron chi connectivity index (χ1n) is 22.8. The summed E-state index contributed by atoms with van der Waals surface area (Å²) in [6.07, 6.45) is -9.33. The molecule has 0 fully saturated rings. The molecule has 10 heteroatoms. The topological polar surface area (TPSA) is 36.1 Å². The van der Waals surface area contributed by atoms with E-state index in [1.165, 1.54) is 24.3 Å². The van der Waals surface area contributed by atoms with Gasteiger partial charge in [0.2, 0.25) is 0 Å². The normalized spacial score (nSPS) is 15.6. The van der Waals surface area contributed by atoms with E-state index in [2.05, 4.69) is 40.3 Å². The van der Waals surface area contributed by atoms with E-state index < -0.39 is 29.4 Å². The number of benzene rings is 8. The first kappa shape index (κ1) is 41.2. The zero-order valence-electron chi connectivity index (χ0n) is 37.0. The Kier molecular flexibility index (Phi) is 8.82. The van der Waals surface area contributed by atoms with E-state index in [0.29, 0.717) is 45.7 Å². The molecule has 0 spiro atoms. The van der Waals surface area contributed by atoms with Gasteiger partial charge in [-0.3, -0.25) is 0 Å². The number of allylic oxidation sites excluding steroid dienone is 4. The molecule has 0 amide bonds. The van der Waals surface area contributed by atoms with Gasteiger partial charge in [-0.15, -0.1) is 0 Å². The van der Waals surface area contributed by atoms with Crippen LogP contribution in [0, 0.1) is 11.8 Å². The molecule has 2 atom stereocenters. The van der Waals surface area contributed by atoms with E-state index in [4.69, 9.17) is 8.83 Å². The molecule has 4 nitrogen and oxygen atoms in total. The lowest BCUT2D eigenvalue weighted by atomic mass is 9.81. The van der Waals surface area contributed by atoms with Gasteiger partial charge in [-0.2, -0.15) is 26.3 Å². The number of rotatable bonds is 6. The van der Waals surface area contributed by atoms with Crippen molar-refractivity contribution in [1.29, 1.82) is 0 Å². The highest BCUT2D eigenvalue weighted by Crippen LogP contribution is 2.56. The van der Waals surface area contributed by atoms with Crippen LogP contribution in [0.25, 0.3) is 104 Å². The number of hydrogen-bond acceptors (Lipinski definition) is 2. The van der Waals surface area contributed by atoms with Crippen molar-refractivity contribution in [2.24, 2.45) is 11.8 Å². The first-order chi connectivity index (χ1) is 33.3. The Hall–Kier alpha value is -7.98. The largest absolute Gasteiger partial charge is 0.456 e. The van der Waals surface area contributed by atoms with Crippen LogP contribution in [0.2, 0.25) is 0 Å². The fraction of sp³-hybridized carbons (Fsp3) is 0.119. The van der Waals surface area contributed by atoms with E-state index in [9.17, 15) is 26.3 Å². The van der Waals surface area contributed by atoms with Gasteiger partial charge in [0, 0.05) is 66.6 Å². The fourth-order valence-corrected chi connectivity index (χ4v) is 11.6. The SMILES string of the molecule is CC1=C(c2cccc(C(F)(F)F)c2)C(n2c3ccccc3c3c4c(ccc32)oc2ccccc24)=C(c2cccc(C(F)(F)F)c2)[C@@H]1[C@@H](C)Cn1c2ccccc2c2c3c(ccc21)oc1ccccc13. The van der Waals surface area contributed by atoms with Crippen LogP contribution in [0.1, 0.15) is 36.1 Å². The van der Waals surface area contributed by atoms with Crippen LogP contribution in [0.15, 0.2) is 184 Å². The standard InChI is InChI=1S/C59H38F6N2O2/c1-32(31-66-42-21-7-3-17-38(42)53-44(66)25-27-48-55(53)40-19-5-9-23-46(40)68-48)50-33(2)51(34-13-11-15-36(29-34)58(60,61)62)57(52(50)35-14-12-16-37(30-35)59(63,64)65)67-43-22-8-4-18-39(43)54-45(67)26-28-49-56(54)41-20-6-10-24-47(41)69-49/h3-30,32,50H,31H2,1-2H3/t32-,50+/m0/s1. The monoisotopic (exact) mass is 920 g/mol. The van der Waals surface area contributed by atoms with Gasteiger partial charge in [0.05, 0.1) is 33.4 Å². The molecule has 1 aliphatic rings. The Labute approximate surface area is 389 Å². The number of nitrogens with zero attached hydrogens (tertiary/aromatic N) is 2. The van der Waals surface area contributed by atoms with Crippen molar-refractivity contribution in [1.82, 2.24) is 9.13 Å². The Balaban J connectivity index is 1.13. The molecular formula is C59H38F6N2O2. The van der Waals surface area contributed by atoms with Crippen molar-refractivity contribution < 1.29 is 35.2 Å². The lowest BCUT2D eigenvalue weighted by molar-refractivity contribution is -0.138. The summed E-state index contributed by atoms with van der Waals surface area (Å²) in [6.45, 7) is 4.43. The average Bonchev–Trinajstić information content (AvgIpc) is 4.15. The third-order valence-electron chi connectivity index (χ3n) is 14.4. The van der Waals surface area contributed by atoms with Crippen molar-refractivity contribution in [2.75, 3.05) is 0 Å². The lowest BCUT2D eigenvalue weighted by Gasteiger charge is -2.27. The second-order valence-corrected chi connectivity index (χ2v) is 18.3. The van der Waals surface area contributed by atoms with Gasteiger partial charge in [0.15, 0.2) is 0 Å². The number of alkyl halides is 6. The quantitative estimate of drug-likeness (QED) is 0.156. The number of para-hydroxylation sites is 4. The van der Waals surface area contributed by atoms with Gasteiger partial charge in [-0.25, -0.2) is 0 Å². The molecule has 0 unspecified atom stereocenters. The summed E-state index contributed by atoms with van der Waals surface area (Å²) >= 11 is 0. The molecule has 12 aromatic rings. The molecule has 338 valence electrons. The average molecular weight is 921 g/mol. The maximum absolute atomic E-state index is 14.9. The molecular weight excluding hydrogens is 883 g/mol. The summed E-state index contributed by atoms with van der Waals surface area (Å²) in [4.78, 5) is 0. The molecule has 0 N–H and O–H groups in total. The predicted octanol–water partition coefficient (Wildman–Crippen LogP) is 17.5. The molecule has 0 aliphatic heterocycles. The number of hydrogen-bond donors (Lipinski definition) is 0. The molecule has 8 aromatic carbocycles. The fourth-order valence-electron chi connectivity index (χ4n) is 11.6. The molecule has 4 heterocycles. The molecule has 4 aromatic heterocycles. The summed E-state index contributed by atoms with van der Waals surface area (Å²) in [5.41, 5.74) is 7.66. The van der Waals surface area contributed by atoms with Crippen molar-refractivity contribution in [3.8, 4) is 0 Å². The minimum Gasteiger partial charge on any atom is -0.456 e. The molecule has 13 rings (SSSR count).